The van der Waals surface area contributed by atoms with Gasteiger partial charge in [0.25, 0.3) is 5.91 Å². The Kier molecular flexibility index (Phi) is 8.36. The minimum absolute atomic E-state index is 0.0646. The molecule has 1 fully saturated rings. The zero-order valence-electron chi connectivity index (χ0n) is 19.5. The molecular formula is C27H36N4O2. The maximum atomic E-state index is 13.0. The van der Waals surface area contributed by atoms with Crippen molar-refractivity contribution < 1.29 is 9.59 Å². The van der Waals surface area contributed by atoms with E-state index in [1.165, 1.54) is 44.3 Å². The quantitative estimate of drug-likeness (QED) is 0.607. The van der Waals surface area contributed by atoms with Gasteiger partial charge >= 0.3 is 6.03 Å². The van der Waals surface area contributed by atoms with Crippen LogP contribution in [-0.4, -0.2) is 49.6 Å². The van der Waals surface area contributed by atoms with Crippen LogP contribution in [0.2, 0.25) is 0 Å². The van der Waals surface area contributed by atoms with Gasteiger partial charge in [-0.3, -0.25) is 9.69 Å². The molecule has 0 aromatic heterocycles. The van der Waals surface area contributed by atoms with E-state index in [9.17, 15) is 9.59 Å². The Morgan fingerprint density at radius 1 is 0.818 bits per heavy atom. The van der Waals surface area contributed by atoms with Crippen LogP contribution in [-0.2, 0) is 6.42 Å². The third-order valence-electron chi connectivity index (χ3n) is 6.64. The summed E-state index contributed by atoms with van der Waals surface area (Å²) >= 11 is 0. The molecule has 4 rings (SSSR count). The van der Waals surface area contributed by atoms with Gasteiger partial charge in [0.1, 0.15) is 0 Å². The summed E-state index contributed by atoms with van der Waals surface area (Å²) in [6, 6.07) is 15.1. The van der Waals surface area contributed by atoms with Gasteiger partial charge in [0, 0.05) is 30.0 Å². The number of amides is 3. The number of fused-ring (bicyclic) bond motifs is 1. The molecule has 2 aliphatic heterocycles. The lowest BCUT2D eigenvalue weighted by Crippen LogP contribution is -2.35. The van der Waals surface area contributed by atoms with Gasteiger partial charge in [0.15, 0.2) is 0 Å². The van der Waals surface area contributed by atoms with Crippen molar-refractivity contribution >= 4 is 23.3 Å². The number of carbonyl (C=O) groups is 2. The van der Waals surface area contributed by atoms with E-state index in [2.05, 4.69) is 21.6 Å². The molecule has 0 saturated carbocycles. The predicted octanol–water partition coefficient (Wildman–Crippen LogP) is 5.06. The second-order valence-electron chi connectivity index (χ2n) is 9.11. The van der Waals surface area contributed by atoms with E-state index in [4.69, 9.17) is 0 Å². The molecule has 0 radical (unpaired) electrons. The second-order valence-corrected chi connectivity index (χ2v) is 9.11. The van der Waals surface area contributed by atoms with Crippen molar-refractivity contribution in [1.82, 2.24) is 10.2 Å². The summed E-state index contributed by atoms with van der Waals surface area (Å²) in [5.74, 6) is -0.0646. The Bertz CT molecular complexity index is 920. The number of likely N-dealkylation sites (tertiary alicyclic amines) is 1. The van der Waals surface area contributed by atoms with Crippen molar-refractivity contribution in [2.24, 2.45) is 0 Å². The molecule has 2 N–H and O–H groups in total. The molecule has 1 saturated heterocycles. The molecule has 0 bridgehead atoms. The summed E-state index contributed by atoms with van der Waals surface area (Å²) in [6.07, 6.45) is 9.31. The van der Waals surface area contributed by atoms with E-state index >= 15 is 0 Å². The molecule has 3 amide bonds. The first-order valence-electron chi connectivity index (χ1n) is 12.5. The van der Waals surface area contributed by atoms with Gasteiger partial charge in [-0.1, -0.05) is 31.0 Å². The van der Waals surface area contributed by atoms with Gasteiger partial charge in [-0.25, -0.2) is 4.79 Å². The van der Waals surface area contributed by atoms with E-state index in [1.807, 2.05) is 23.1 Å². The average molecular weight is 449 g/mol. The number of anilines is 2. The van der Waals surface area contributed by atoms with Crippen molar-refractivity contribution in [3.8, 4) is 0 Å². The van der Waals surface area contributed by atoms with Gasteiger partial charge in [-0.2, -0.15) is 0 Å². The fourth-order valence-electron chi connectivity index (χ4n) is 4.76. The lowest BCUT2D eigenvalue weighted by atomic mass is 10.1. The number of aryl methyl sites for hydroxylation is 1. The van der Waals surface area contributed by atoms with E-state index in [0.29, 0.717) is 24.3 Å². The molecule has 0 spiro atoms. The SMILES string of the molecule is O=C(NCCCN1CCCCCC1)c1ccc(NC(=O)N2CCCCc3ccccc32)cc1. The first kappa shape index (κ1) is 23.3. The van der Waals surface area contributed by atoms with Crippen LogP contribution >= 0.6 is 0 Å². The standard InChI is InChI=1S/C27H36N4O2/c32-26(28-17-9-20-30-18-6-1-2-7-19-30)23-13-15-24(16-14-23)29-27(33)31-21-8-5-11-22-10-3-4-12-25(22)31/h3-4,10,12-16H,1-2,5-9,11,17-21H2,(H,28,32)(H,29,33). The van der Waals surface area contributed by atoms with E-state index in [1.54, 1.807) is 24.3 Å². The van der Waals surface area contributed by atoms with Crippen molar-refractivity contribution in [3.05, 3.63) is 59.7 Å². The number of nitrogens with zero attached hydrogens (tertiary/aromatic N) is 2. The number of hydrogen-bond donors (Lipinski definition) is 2. The normalized spacial score (nSPS) is 16.9. The van der Waals surface area contributed by atoms with Crippen LogP contribution in [0.25, 0.3) is 0 Å². The Morgan fingerprint density at radius 3 is 2.33 bits per heavy atom. The molecule has 6 nitrogen and oxygen atoms in total. The molecule has 0 unspecified atom stereocenters. The molecular weight excluding hydrogens is 412 g/mol. The highest BCUT2D eigenvalue weighted by atomic mass is 16.2. The third kappa shape index (κ3) is 6.57. The second kappa shape index (κ2) is 11.8. The molecule has 6 heteroatoms. The van der Waals surface area contributed by atoms with Crippen molar-refractivity contribution in [2.45, 2.75) is 51.4 Å². The summed E-state index contributed by atoms with van der Waals surface area (Å²) in [5, 5.41) is 6.01. The van der Waals surface area contributed by atoms with Crippen LogP contribution < -0.4 is 15.5 Å². The third-order valence-corrected chi connectivity index (χ3v) is 6.64. The lowest BCUT2D eigenvalue weighted by Gasteiger charge is -2.23. The van der Waals surface area contributed by atoms with Gasteiger partial charge in [0.05, 0.1) is 0 Å². The van der Waals surface area contributed by atoms with E-state index in [0.717, 1.165) is 37.9 Å². The first-order chi connectivity index (χ1) is 16.2. The maximum absolute atomic E-state index is 13.0. The molecule has 176 valence electrons. The first-order valence-corrected chi connectivity index (χ1v) is 12.5. The van der Waals surface area contributed by atoms with Gasteiger partial charge < -0.3 is 15.5 Å². The minimum Gasteiger partial charge on any atom is -0.352 e. The smallest absolute Gasteiger partial charge is 0.326 e. The number of rotatable bonds is 6. The summed E-state index contributed by atoms with van der Waals surface area (Å²) in [7, 11) is 0. The van der Waals surface area contributed by atoms with Crippen molar-refractivity contribution in [2.75, 3.05) is 42.9 Å². The van der Waals surface area contributed by atoms with Gasteiger partial charge in [-0.15, -0.1) is 0 Å². The number of benzene rings is 2. The van der Waals surface area contributed by atoms with Crippen LogP contribution in [0.15, 0.2) is 48.5 Å². The molecule has 2 aromatic rings. The van der Waals surface area contributed by atoms with Crippen LogP contribution in [0.4, 0.5) is 16.2 Å². The monoisotopic (exact) mass is 448 g/mol. The van der Waals surface area contributed by atoms with Gasteiger partial charge in [-0.05, 0) is 94.1 Å². The number of carbonyl (C=O) groups excluding carboxylic acids is 2. The molecule has 2 heterocycles. The Labute approximate surface area is 197 Å². The molecule has 2 aromatic carbocycles. The summed E-state index contributed by atoms with van der Waals surface area (Å²) in [4.78, 5) is 29.8. The predicted molar refractivity (Wildman–Crippen MR) is 134 cm³/mol. The highest BCUT2D eigenvalue weighted by molar-refractivity contribution is 6.02. The summed E-state index contributed by atoms with van der Waals surface area (Å²) in [5.41, 5.74) is 3.51. The van der Waals surface area contributed by atoms with Crippen LogP contribution in [0.5, 0.6) is 0 Å². The van der Waals surface area contributed by atoms with E-state index in [-0.39, 0.29) is 11.9 Å². The molecule has 33 heavy (non-hydrogen) atoms. The summed E-state index contributed by atoms with van der Waals surface area (Å²) in [6.45, 7) is 4.81. The van der Waals surface area contributed by atoms with Crippen molar-refractivity contribution in [3.63, 3.8) is 0 Å². The zero-order valence-corrected chi connectivity index (χ0v) is 19.5. The topological polar surface area (TPSA) is 64.7 Å². The Hall–Kier alpha value is -2.86. The number of nitrogens with one attached hydrogen (secondary N) is 2. The zero-order chi connectivity index (χ0) is 22.9. The largest absolute Gasteiger partial charge is 0.352 e. The Morgan fingerprint density at radius 2 is 1.55 bits per heavy atom. The number of urea groups is 1. The Balaban J connectivity index is 1.25. The molecule has 2 aliphatic rings. The van der Waals surface area contributed by atoms with E-state index < -0.39 is 0 Å². The molecule has 0 atom stereocenters. The van der Waals surface area contributed by atoms with Crippen LogP contribution in [0.3, 0.4) is 0 Å². The maximum Gasteiger partial charge on any atom is 0.326 e. The number of para-hydroxylation sites is 1. The fraction of sp³-hybridized carbons (Fsp3) is 0.481. The highest BCUT2D eigenvalue weighted by Gasteiger charge is 2.21. The lowest BCUT2D eigenvalue weighted by molar-refractivity contribution is 0.0951. The number of hydrogen-bond acceptors (Lipinski definition) is 3. The molecule has 0 aliphatic carbocycles. The average Bonchev–Trinajstić information content (AvgIpc) is 3.23. The summed E-state index contributed by atoms with van der Waals surface area (Å²) < 4.78 is 0. The van der Waals surface area contributed by atoms with Crippen molar-refractivity contribution in [1.29, 1.82) is 0 Å². The highest BCUT2D eigenvalue weighted by Crippen LogP contribution is 2.26. The fourth-order valence-corrected chi connectivity index (χ4v) is 4.76. The van der Waals surface area contributed by atoms with Crippen LogP contribution in [0.1, 0.15) is 60.9 Å². The van der Waals surface area contributed by atoms with Crippen LogP contribution in [0, 0.1) is 0 Å². The minimum atomic E-state index is -0.130. The van der Waals surface area contributed by atoms with Gasteiger partial charge in [0.2, 0.25) is 0 Å².